The molecule has 1 aromatic rings. The van der Waals surface area contributed by atoms with Crippen molar-refractivity contribution in [2.24, 2.45) is 0 Å². The minimum absolute atomic E-state index is 0.152. The number of benzene rings is 1. The molecule has 7 heteroatoms. The van der Waals surface area contributed by atoms with Gasteiger partial charge >= 0.3 is 0 Å². The van der Waals surface area contributed by atoms with E-state index in [0.717, 1.165) is 0 Å². The molecule has 0 aliphatic heterocycles. The molecule has 1 aromatic carbocycles. The van der Waals surface area contributed by atoms with Gasteiger partial charge in [-0.1, -0.05) is 6.07 Å². The first-order valence-corrected chi connectivity index (χ1v) is 8.20. The van der Waals surface area contributed by atoms with Crippen LogP contribution < -0.4 is 10.5 Å². The van der Waals surface area contributed by atoms with E-state index in [1.54, 1.807) is 19.1 Å². The van der Waals surface area contributed by atoms with E-state index in [1.165, 1.54) is 12.3 Å². The SMILES string of the molecule is Cc1c(N)cccc1S(=O)(=O)NCCS(C)=O. The summed E-state index contributed by atoms with van der Waals surface area (Å²) in [7, 11) is -4.59. The average Bonchev–Trinajstić information content (AvgIpc) is 2.21. The predicted octanol–water partition coefficient (Wildman–Crippen LogP) is 0.234. The van der Waals surface area contributed by atoms with Crippen molar-refractivity contribution in [1.82, 2.24) is 4.72 Å². The quantitative estimate of drug-likeness (QED) is 0.754. The molecule has 17 heavy (non-hydrogen) atoms. The smallest absolute Gasteiger partial charge is 0.240 e. The number of nitrogen functional groups attached to an aromatic ring is 1. The highest BCUT2D eigenvalue weighted by molar-refractivity contribution is 7.89. The van der Waals surface area contributed by atoms with Gasteiger partial charge in [0.1, 0.15) is 0 Å². The Hall–Kier alpha value is -0.920. The molecule has 1 unspecified atom stereocenters. The van der Waals surface area contributed by atoms with E-state index in [-0.39, 0.29) is 11.4 Å². The van der Waals surface area contributed by atoms with E-state index in [1.807, 2.05) is 0 Å². The number of hydrogen-bond donors (Lipinski definition) is 2. The van der Waals surface area contributed by atoms with Gasteiger partial charge in [0, 0.05) is 35.0 Å². The zero-order valence-corrected chi connectivity index (χ0v) is 11.4. The van der Waals surface area contributed by atoms with E-state index in [9.17, 15) is 12.6 Å². The van der Waals surface area contributed by atoms with Gasteiger partial charge in [0.25, 0.3) is 0 Å². The third-order valence-corrected chi connectivity index (χ3v) is 4.68. The van der Waals surface area contributed by atoms with Crippen molar-refractivity contribution in [2.75, 3.05) is 24.3 Å². The van der Waals surface area contributed by atoms with Crippen molar-refractivity contribution in [1.29, 1.82) is 0 Å². The molecule has 0 amide bonds. The maximum atomic E-state index is 11.9. The molecule has 1 rings (SSSR count). The van der Waals surface area contributed by atoms with Crippen LogP contribution in [0.5, 0.6) is 0 Å². The van der Waals surface area contributed by atoms with Crippen LogP contribution in [0.25, 0.3) is 0 Å². The summed E-state index contributed by atoms with van der Waals surface area (Å²) in [6.45, 7) is 1.81. The van der Waals surface area contributed by atoms with Crippen LogP contribution in [0, 0.1) is 6.92 Å². The Morgan fingerprint density at radius 2 is 2.06 bits per heavy atom. The second-order valence-corrected chi connectivity index (χ2v) is 6.94. The summed E-state index contributed by atoms with van der Waals surface area (Å²) in [5.74, 6) is 0.292. The Balaban J connectivity index is 2.90. The Bertz CT molecular complexity index is 526. The molecule has 0 radical (unpaired) electrons. The molecule has 0 saturated heterocycles. The maximum Gasteiger partial charge on any atom is 0.240 e. The normalized spacial score (nSPS) is 13.5. The van der Waals surface area contributed by atoms with Crippen molar-refractivity contribution in [3.8, 4) is 0 Å². The van der Waals surface area contributed by atoms with Gasteiger partial charge in [-0.3, -0.25) is 4.21 Å². The summed E-state index contributed by atoms with van der Waals surface area (Å²) in [6, 6.07) is 4.74. The highest BCUT2D eigenvalue weighted by Crippen LogP contribution is 2.19. The number of anilines is 1. The van der Waals surface area contributed by atoms with Crippen molar-refractivity contribution in [3.05, 3.63) is 23.8 Å². The molecule has 1 atom stereocenters. The monoisotopic (exact) mass is 276 g/mol. The minimum Gasteiger partial charge on any atom is -0.398 e. The maximum absolute atomic E-state index is 11.9. The van der Waals surface area contributed by atoms with Gasteiger partial charge in [0.05, 0.1) is 4.90 Å². The molecule has 3 N–H and O–H groups in total. The Morgan fingerprint density at radius 3 is 2.65 bits per heavy atom. The van der Waals surface area contributed by atoms with Crippen LogP contribution in [0.3, 0.4) is 0 Å². The highest BCUT2D eigenvalue weighted by Gasteiger charge is 2.17. The highest BCUT2D eigenvalue weighted by atomic mass is 32.2. The van der Waals surface area contributed by atoms with Gasteiger partial charge in [0.15, 0.2) is 0 Å². The van der Waals surface area contributed by atoms with E-state index in [0.29, 0.717) is 17.0 Å². The van der Waals surface area contributed by atoms with Crippen LogP contribution in [-0.4, -0.2) is 31.2 Å². The molecule has 96 valence electrons. The van der Waals surface area contributed by atoms with Gasteiger partial charge < -0.3 is 5.73 Å². The molecule has 0 aliphatic carbocycles. The van der Waals surface area contributed by atoms with E-state index in [2.05, 4.69) is 4.72 Å². The van der Waals surface area contributed by atoms with Crippen molar-refractivity contribution >= 4 is 26.5 Å². The van der Waals surface area contributed by atoms with Crippen LogP contribution in [0.15, 0.2) is 23.1 Å². The van der Waals surface area contributed by atoms with Crippen molar-refractivity contribution < 1.29 is 12.6 Å². The van der Waals surface area contributed by atoms with Crippen molar-refractivity contribution in [3.63, 3.8) is 0 Å². The number of rotatable bonds is 5. The molecule has 0 saturated carbocycles. The summed E-state index contributed by atoms with van der Waals surface area (Å²) in [6.07, 6.45) is 1.53. The lowest BCUT2D eigenvalue weighted by Gasteiger charge is -2.10. The molecular formula is C10H16N2O3S2. The van der Waals surface area contributed by atoms with Crippen LogP contribution >= 0.6 is 0 Å². The number of nitrogens with one attached hydrogen (secondary N) is 1. The molecule has 0 heterocycles. The van der Waals surface area contributed by atoms with Crippen LogP contribution in [0.4, 0.5) is 5.69 Å². The number of hydrogen-bond acceptors (Lipinski definition) is 4. The largest absolute Gasteiger partial charge is 0.398 e. The standard InChI is InChI=1S/C10H16N2O3S2/c1-8-9(11)4-3-5-10(8)17(14,15)12-6-7-16(2)13/h3-5,12H,6-7,11H2,1-2H3. The third-order valence-electron chi connectivity index (χ3n) is 2.30. The fourth-order valence-electron chi connectivity index (χ4n) is 1.32. The molecule has 0 aromatic heterocycles. The lowest BCUT2D eigenvalue weighted by atomic mass is 10.2. The molecular weight excluding hydrogens is 260 g/mol. The third kappa shape index (κ3) is 3.79. The summed E-state index contributed by atoms with van der Waals surface area (Å²) in [4.78, 5) is 0.166. The lowest BCUT2D eigenvalue weighted by molar-refractivity contribution is 0.583. The fourth-order valence-corrected chi connectivity index (χ4v) is 3.14. The first-order chi connectivity index (χ1) is 7.84. The van der Waals surface area contributed by atoms with Gasteiger partial charge in [-0.2, -0.15) is 0 Å². The number of sulfonamides is 1. The minimum atomic E-state index is -3.57. The van der Waals surface area contributed by atoms with E-state index >= 15 is 0 Å². The lowest BCUT2D eigenvalue weighted by Crippen LogP contribution is -2.28. The topological polar surface area (TPSA) is 89.3 Å². The van der Waals surface area contributed by atoms with E-state index in [4.69, 9.17) is 5.73 Å². The molecule has 0 bridgehead atoms. The van der Waals surface area contributed by atoms with Crippen LogP contribution in [0.1, 0.15) is 5.56 Å². The van der Waals surface area contributed by atoms with E-state index < -0.39 is 20.8 Å². The molecule has 5 nitrogen and oxygen atoms in total. The summed E-state index contributed by atoms with van der Waals surface area (Å²) in [5.41, 5.74) is 6.62. The van der Waals surface area contributed by atoms with Crippen LogP contribution in [-0.2, 0) is 20.8 Å². The molecule has 0 aliphatic rings. The zero-order chi connectivity index (χ0) is 13.1. The average molecular weight is 276 g/mol. The first-order valence-electron chi connectivity index (χ1n) is 4.99. The Labute approximate surface area is 104 Å². The summed E-state index contributed by atoms with van der Waals surface area (Å²) < 4.78 is 37.1. The molecule has 0 spiro atoms. The Kier molecular flexibility index (Phi) is 4.67. The fraction of sp³-hybridized carbons (Fsp3) is 0.400. The van der Waals surface area contributed by atoms with Gasteiger partial charge in [-0.25, -0.2) is 13.1 Å². The Morgan fingerprint density at radius 1 is 1.41 bits per heavy atom. The van der Waals surface area contributed by atoms with Crippen LogP contribution in [0.2, 0.25) is 0 Å². The first kappa shape index (κ1) is 14.1. The van der Waals surface area contributed by atoms with Gasteiger partial charge in [-0.15, -0.1) is 0 Å². The van der Waals surface area contributed by atoms with Crippen molar-refractivity contribution in [2.45, 2.75) is 11.8 Å². The second-order valence-electron chi connectivity index (χ2n) is 3.65. The predicted molar refractivity (Wildman–Crippen MR) is 69.7 cm³/mol. The van der Waals surface area contributed by atoms with Gasteiger partial charge in [0.2, 0.25) is 10.0 Å². The second kappa shape index (κ2) is 5.61. The summed E-state index contributed by atoms with van der Waals surface area (Å²) in [5, 5.41) is 0. The number of nitrogens with two attached hydrogens (primary N) is 1. The van der Waals surface area contributed by atoms with Gasteiger partial charge in [-0.05, 0) is 24.6 Å². The zero-order valence-electron chi connectivity index (χ0n) is 9.76. The summed E-state index contributed by atoms with van der Waals surface area (Å²) >= 11 is 0. The molecule has 0 fully saturated rings.